The number of rotatable bonds is 6. The van der Waals surface area contributed by atoms with Gasteiger partial charge in [-0.05, 0) is 23.5 Å². The van der Waals surface area contributed by atoms with Gasteiger partial charge in [-0.2, -0.15) is 0 Å². The molecule has 0 aliphatic carbocycles. The van der Waals surface area contributed by atoms with Gasteiger partial charge in [0.1, 0.15) is 0 Å². The van der Waals surface area contributed by atoms with Crippen molar-refractivity contribution in [2.45, 2.75) is 52.6 Å². The molecular formula is C15H24O. The lowest BCUT2D eigenvalue weighted by Gasteiger charge is -2.20. The molecule has 0 amide bonds. The maximum atomic E-state index is 10.3. The molecule has 0 saturated carbocycles. The molecule has 0 spiro atoms. The minimum atomic E-state index is -0.299. The minimum absolute atomic E-state index is 0.299. The number of hydrogen-bond acceptors (Lipinski definition) is 1. The summed E-state index contributed by atoms with van der Waals surface area (Å²) in [5, 5.41) is 10.3. The Morgan fingerprint density at radius 1 is 1.12 bits per heavy atom. The Labute approximate surface area is 99.5 Å². The minimum Gasteiger partial charge on any atom is -0.388 e. The average Bonchev–Trinajstić information content (AvgIpc) is 2.31. The fourth-order valence-corrected chi connectivity index (χ4v) is 2.23. The van der Waals surface area contributed by atoms with Crippen molar-refractivity contribution in [2.75, 3.05) is 0 Å². The Hall–Kier alpha value is -0.820. The fraction of sp³-hybridized carbons (Fsp3) is 0.600. The van der Waals surface area contributed by atoms with E-state index in [2.05, 4.69) is 39.0 Å². The molecule has 1 rings (SSSR count). The van der Waals surface area contributed by atoms with Gasteiger partial charge in [-0.25, -0.2) is 0 Å². The smallest absolute Gasteiger partial charge is 0.0818 e. The summed E-state index contributed by atoms with van der Waals surface area (Å²) >= 11 is 0. The molecule has 0 fully saturated rings. The molecule has 90 valence electrons. The Kier molecular flexibility index (Phi) is 5.54. The number of aliphatic hydroxyl groups is 1. The molecule has 0 saturated heterocycles. The number of aryl methyl sites for hydroxylation is 1. The van der Waals surface area contributed by atoms with Crippen molar-refractivity contribution in [3.63, 3.8) is 0 Å². The normalized spacial score (nSPS) is 13.1. The van der Waals surface area contributed by atoms with Crippen LogP contribution in [0.1, 0.15) is 57.3 Å². The average molecular weight is 220 g/mol. The summed E-state index contributed by atoms with van der Waals surface area (Å²) in [6, 6.07) is 8.41. The number of aliphatic hydroxyl groups excluding tert-OH is 1. The fourth-order valence-electron chi connectivity index (χ4n) is 2.23. The second-order valence-electron chi connectivity index (χ2n) is 4.52. The van der Waals surface area contributed by atoms with Crippen molar-refractivity contribution in [2.24, 2.45) is 5.92 Å². The van der Waals surface area contributed by atoms with Gasteiger partial charge < -0.3 is 5.11 Å². The first-order valence-corrected chi connectivity index (χ1v) is 6.49. The van der Waals surface area contributed by atoms with Crippen LogP contribution in [0.3, 0.4) is 0 Å². The monoisotopic (exact) mass is 220 g/mol. The van der Waals surface area contributed by atoms with E-state index in [4.69, 9.17) is 0 Å². The molecule has 0 bridgehead atoms. The van der Waals surface area contributed by atoms with Crippen molar-refractivity contribution in [3.05, 3.63) is 35.4 Å². The van der Waals surface area contributed by atoms with Gasteiger partial charge in [0, 0.05) is 0 Å². The Morgan fingerprint density at radius 2 is 1.81 bits per heavy atom. The van der Waals surface area contributed by atoms with E-state index >= 15 is 0 Å². The third kappa shape index (κ3) is 3.34. The van der Waals surface area contributed by atoms with Crippen LogP contribution in [0, 0.1) is 5.92 Å². The van der Waals surface area contributed by atoms with Crippen LogP contribution in [0.2, 0.25) is 0 Å². The third-order valence-corrected chi connectivity index (χ3v) is 3.33. The van der Waals surface area contributed by atoms with Crippen LogP contribution in [0.15, 0.2) is 24.3 Å². The summed E-state index contributed by atoms with van der Waals surface area (Å²) in [6.07, 6.45) is 4.03. The lowest BCUT2D eigenvalue weighted by atomic mass is 9.90. The number of benzene rings is 1. The van der Waals surface area contributed by atoms with E-state index < -0.39 is 0 Å². The van der Waals surface area contributed by atoms with Gasteiger partial charge in [-0.15, -0.1) is 0 Å². The van der Waals surface area contributed by atoms with Crippen molar-refractivity contribution in [3.8, 4) is 0 Å². The summed E-state index contributed by atoms with van der Waals surface area (Å²) in [4.78, 5) is 0. The van der Waals surface area contributed by atoms with Crippen LogP contribution in [0.5, 0.6) is 0 Å². The van der Waals surface area contributed by atoms with Gasteiger partial charge in [0.05, 0.1) is 6.10 Å². The van der Waals surface area contributed by atoms with Gasteiger partial charge in [0.15, 0.2) is 0 Å². The van der Waals surface area contributed by atoms with E-state index in [9.17, 15) is 5.11 Å². The molecule has 1 N–H and O–H groups in total. The first-order valence-electron chi connectivity index (χ1n) is 6.49. The topological polar surface area (TPSA) is 20.2 Å². The highest BCUT2D eigenvalue weighted by atomic mass is 16.3. The maximum Gasteiger partial charge on any atom is 0.0818 e. The third-order valence-electron chi connectivity index (χ3n) is 3.33. The van der Waals surface area contributed by atoms with E-state index in [-0.39, 0.29) is 6.10 Å². The zero-order chi connectivity index (χ0) is 12.0. The Bertz CT molecular complexity index is 302. The maximum absolute atomic E-state index is 10.3. The van der Waals surface area contributed by atoms with Crippen molar-refractivity contribution < 1.29 is 5.11 Å². The van der Waals surface area contributed by atoms with Crippen LogP contribution in [0.4, 0.5) is 0 Å². The lowest BCUT2D eigenvalue weighted by Crippen LogP contribution is -2.11. The predicted molar refractivity (Wildman–Crippen MR) is 69.5 cm³/mol. The van der Waals surface area contributed by atoms with E-state index in [1.165, 1.54) is 5.56 Å². The molecule has 0 radical (unpaired) electrons. The SMILES string of the molecule is CCCc1cccc(C(O)C(CC)CC)c1. The molecular weight excluding hydrogens is 196 g/mol. The van der Waals surface area contributed by atoms with Crippen molar-refractivity contribution in [1.82, 2.24) is 0 Å². The molecule has 0 heterocycles. The van der Waals surface area contributed by atoms with E-state index in [1.807, 2.05) is 6.07 Å². The van der Waals surface area contributed by atoms with Gasteiger partial charge in [0.2, 0.25) is 0 Å². The quantitative estimate of drug-likeness (QED) is 0.765. The second-order valence-corrected chi connectivity index (χ2v) is 4.52. The van der Waals surface area contributed by atoms with Crippen molar-refractivity contribution >= 4 is 0 Å². The Morgan fingerprint density at radius 3 is 2.38 bits per heavy atom. The molecule has 1 aromatic rings. The highest BCUT2D eigenvalue weighted by molar-refractivity contribution is 5.25. The second kappa shape index (κ2) is 6.70. The summed E-state index contributed by atoms with van der Waals surface area (Å²) in [7, 11) is 0. The van der Waals surface area contributed by atoms with Gasteiger partial charge in [-0.1, -0.05) is 64.3 Å². The molecule has 1 heteroatoms. The molecule has 1 atom stereocenters. The first kappa shape index (κ1) is 13.2. The standard InChI is InChI=1S/C15H24O/c1-4-8-12-9-7-10-14(11-12)15(16)13(5-2)6-3/h7,9-11,13,15-16H,4-6,8H2,1-3H3. The van der Waals surface area contributed by atoms with Crippen LogP contribution in [-0.4, -0.2) is 5.11 Å². The zero-order valence-corrected chi connectivity index (χ0v) is 10.7. The van der Waals surface area contributed by atoms with Gasteiger partial charge in [0.25, 0.3) is 0 Å². The Balaban J connectivity index is 2.81. The summed E-state index contributed by atoms with van der Waals surface area (Å²) < 4.78 is 0. The van der Waals surface area contributed by atoms with E-state index in [0.29, 0.717) is 5.92 Å². The lowest BCUT2D eigenvalue weighted by molar-refractivity contribution is 0.103. The predicted octanol–water partition coefficient (Wildman–Crippen LogP) is 4.11. The molecule has 0 aliphatic heterocycles. The van der Waals surface area contributed by atoms with Gasteiger partial charge in [-0.3, -0.25) is 0 Å². The van der Waals surface area contributed by atoms with Crippen LogP contribution >= 0.6 is 0 Å². The largest absolute Gasteiger partial charge is 0.388 e. The van der Waals surface area contributed by atoms with Crippen LogP contribution in [0.25, 0.3) is 0 Å². The first-order chi connectivity index (χ1) is 7.72. The highest BCUT2D eigenvalue weighted by Gasteiger charge is 2.17. The van der Waals surface area contributed by atoms with Crippen LogP contribution in [-0.2, 0) is 6.42 Å². The summed E-state index contributed by atoms with van der Waals surface area (Å²) in [6.45, 7) is 6.48. The highest BCUT2D eigenvalue weighted by Crippen LogP contribution is 2.27. The van der Waals surface area contributed by atoms with E-state index in [0.717, 1.165) is 31.2 Å². The van der Waals surface area contributed by atoms with Crippen molar-refractivity contribution in [1.29, 1.82) is 0 Å². The summed E-state index contributed by atoms with van der Waals surface area (Å²) in [5.41, 5.74) is 2.42. The summed E-state index contributed by atoms with van der Waals surface area (Å²) in [5.74, 6) is 0.386. The molecule has 1 nitrogen and oxygen atoms in total. The molecule has 0 aliphatic rings. The number of hydrogen-bond donors (Lipinski definition) is 1. The van der Waals surface area contributed by atoms with Crippen LogP contribution < -0.4 is 0 Å². The molecule has 1 aromatic carbocycles. The zero-order valence-electron chi connectivity index (χ0n) is 10.7. The molecule has 16 heavy (non-hydrogen) atoms. The van der Waals surface area contributed by atoms with E-state index in [1.54, 1.807) is 0 Å². The molecule has 1 unspecified atom stereocenters. The molecule has 0 aromatic heterocycles. The van der Waals surface area contributed by atoms with Gasteiger partial charge >= 0.3 is 0 Å².